The van der Waals surface area contributed by atoms with Gasteiger partial charge in [-0.15, -0.1) is 0 Å². The van der Waals surface area contributed by atoms with E-state index < -0.39 is 0 Å². The molecule has 1 nitrogen and oxygen atoms in total. The van der Waals surface area contributed by atoms with Gasteiger partial charge in [-0.25, -0.2) is 0 Å². The van der Waals surface area contributed by atoms with Crippen molar-refractivity contribution in [2.45, 2.75) is 12.5 Å². The molecule has 0 bridgehead atoms. The zero-order valence-corrected chi connectivity index (χ0v) is 6.23. The van der Waals surface area contributed by atoms with Gasteiger partial charge in [0.25, 0.3) is 0 Å². The van der Waals surface area contributed by atoms with Gasteiger partial charge >= 0.3 is 0 Å². The Morgan fingerprint density at radius 3 is 2.91 bits per heavy atom. The van der Waals surface area contributed by atoms with Crippen LogP contribution in [0.5, 0.6) is 0 Å². The molecule has 0 saturated carbocycles. The highest BCUT2D eigenvalue weighted by atomic mass is 16.5. The van der Waals surface area contributed by atoms with Gasteiger partial charge in [0.15, 0.2) is 0 Å². The number of rotatable bonds is 1. The summed E-state index contributed by atoms with van der Waals surface area (Å²) in [5, 5.41) is 0. The first-order chi connectivity index (χ1) is 5.47. The van der Waals surface area contributed by atoms with Crippen LogP contribution in [0.3, 0.4) is 0 Å². The lowest BCUT2D eigenvalue weighted by molar-refractivity contribution is 0.212. The van der Waals surface area contributed by atoms with Crippen molar-refractivity contribution >= 4 is 0 Å². The lowest BCUT2D eigenvalue weighted by atomic mass is 10.1. The van der Waals surface area contributed by atoms with Crippen LogP contribution in [0.1, 0.15) is 6.42 Å². The van der Waals surface area contributed by atoms with E-state index in [0.717, 1.165) is 6.42 Å². The van der Waals surface area contributed by atoms with Crippen molar-refractivity contribution in [3.05, 3.63) is 48.3 Å². The molecule has 1 heterocycles. The van der Waals surface area contributed by atoms with Gasteiger partial charge in [0.1, 0.15) is 6.10 Å². The van der Waals surface area contributed by atoms with E-state index in [4.69, 9.17) is 4.74 Å². The van der Waals surface area contributed by atoms with Gasteiger partial charge in [0.2, 0.25) is 0 Å². The molecule has 0 aromatic rings. The van der Waals surface area contributed by atoms with E-state index >= 15 is 0 Å². The van der Waals surface area contributed by atoms with Gasteiger partial charge in [-0.05, 0) is 24.1 Å². The first-order valence-corrected chi connectivity index (χ1v) is 3.81. The van der Waals surface area contributed by atoms with E-state index in [9.17, 15) is 0 Å². The molecule has 1 atom stereocenters. The summed E-state index contributed by atoms with van der Waals surface area (Å²) >= 11 is 0. The zero-order chi connectivity index (χ0) is 7.52. The highest BCUT2D eigenvalue weighted by Gasteiger charge is 2.12. The SMILES string of the molecule is C1=CCC(C2C=CC=CO2)=C1. The van der Waals surface area contributed by atoms with Gasteiger partial charge in [0.05, 0.1) is 6.26 Å². The molecule has 0 N–H and O–H groups in total. The molecule has 0 radical (unpaired) electrons. The zero-order valence-electron chi connectivity index (χ0n) is 6.23. The quantitative estimate of drug-likeness (QED) is 0.551. The van der Waals surface area contributed by atoms with Gasteiger partial charge in [-0.2, -0.15) is 0 Å². The Hall–Kier alpha value is -1.24. The van der Waals surface area contributed by atoms with Crippen molar-refractivity contribution in [3.8, 4) is 0 Å². The van der Waals surface area contributed by atoms with Crippen molar-refractivity contribution in [2.24, 2.45) is 0 Å². The summed E-state index contributed by atoms with van der Waals surface area (Å²) in [7, 11) is 0. The van der Waals surface area contributed by atoms with E-state index in [1.54, 1.807) is 6.26 Å². The lowest BCUT2D eigenvalue weighted by Crippen LogP contribution is -2.10. The monoisotopic (exact) mass is 146 g/mol. The largest absolute Gasteiger partial charge is 0.490 e. The second-order valence-corrected chi connectivity index (χ2v) is 2.64. The smallest absolute Gasteiger partial charge is 0.138 e. The molecule has 56 valence electrons. The minimum Gasteiger partial charge on any atom is -0.490 e. The Morgan fingerprint density at radius 2 is 2.27 bits per heavy atom. The Kier molecular flexibility index (Phi) is 1.64. The van der Waals surface area contributed by atoms with Gasteiger partial charge in [0, 0.05) is 0 Å². The highest BCUT2D eigenvalue weighted by molar-refractivity contribution is 5.31. The second-order valence-electron chi connectivity index (χ2n) is 2.64. The predicted octanol–water partition coefficient (Wildman–Crippen LogP) is 2.34. The molecule has 2 aliphatic rings. The standard InChI is InChI=1S/C10H10O/c1-2-6-9(5-1)10-7-3-4-8-11-10/h1-5,7-8,10H,6H2. The summed E-state index contributed by atoms with van der Waals surface area (Å²) in [5.41, 5.74) is 1.34. The van der Waals surface area contributed by atoms with Crippen LogP contribution in [0.25, 0.3) is 0 Å². The summed E-state index contributed by atoms with van der Waals surface area (Å²) < 4.78 is 5.39. The Labute approximate surface area is 66.4 Å². The van der Waals surface area contributed by atoms with Crippen LogP contribution >= 0.6 is 0 Å². The average Bonchev–Trinajstić information content (AvgIpc) is 2.58. The van der Waals surface area contributed by atoms with Crippen molar-refractivity contribution in [1.82, 2.24) is 0 Å². The molecular formula is C10H10O. The van der Waals surface area contributed by atoms with Crippen LogP contribution in [0, 0.1) is 0 Å². The molecule has 0 aromatic heterocycles. The predicted molar refractivity (Wildman–Crippen MR) is 45.0 cm³/mol. The molecule has 0 aromatic carbocycles. The molecule has 0 fully saturated rings. The van der Waals surface area contributed by atoms with E-state index in [0.29, 0.717) is 0 Å². The molecule has 1 heteroatoms. The van der Waals surface area contributed by atoms with Crippen LogP contribution in [0.4, 0.5) is 0 Å². The van der Waals surface area contributed by atoms with Crippen LogP contribution in [-0.2, 0) is 4.74 Å². The van der Waals surface area contributed by atoms with E-state index in [1.165, 1.54) is 5.57 Å². The van der Waals surface area contributed by atoms with Gasteiger partial charge in [-0.1, -0.05) is 24.3 Å². The fourth-order valence-electron chi connectivity index (χ4n) is 1.27. The summed E-state index contributed by atoms with van der Waals surface area (Å²) in [4.78, 5) is 0. The summed E-state index contributed by atoms with van der Waals surface area (Å²) in [5.74, 6) is 0. The normalized spacial score (nSPS) is 26.9. The van der Waals surface area contributed by atoms with Crippen molar-refractivity contribution in [3.63, 3.8) is 0 Å². The fourth-order valence-corrected chi connectivity index (χ4v) is 1.27. The first kappa shape index (κ1) is 6.47. The number of hydrogen-bond acceptors (Lipinski definition) is 1. The van der Waals surface area contributed by atoms with E-state index in [2.05, 4.69) is 24.3 Å². The molecule has 2 rings (SSSR count). The molecule has 0 amide bonds. The summed E-state index contributed by atoms with van der Waals surface area (Å²) in [6.45, 7) is 0. The third kappa shape index (κ3) is 1.27. The average molecular weight is 146 g/mol. The number of hydrogen-bond donors (Lipinski definition) is 0. The van der Waals surface area contributed by atoms with Crippen LogP contribution in [-0.4, -0.2) is 6.10 Å². The van der Waals surface area contributed by atoms with Gasteiger partial charge in [-0.3, -0.25) is 0 Å². The Morgan fingerprint density at radius 1 is 1.27 bits per heavy atom. The maximum Gasteiger partial charge on any atom is 0.138 e. The molecule has 1 aliphatic heterocycles. The summed E-state index contributed by atoms with van der Waals surface area (Å²) in [6, 6.07) is 0. The lowest BCUT2D eigenvalue weighted by Gasteiger charge is -2.15. The van der Waals surface area contributed by atoms with Crippen LogP contribution in [0.2, 0.25) is 0 Å². The van der Waals surface area contributed by atoms with Crippen molar-refractivity contribution in [1.29, 1.82) is 0 Å². The second kappa shape index (κ2) is 2.79. The third-order valence-corrected chi connectivity index (χ3v) is 1.87. The molecular weight excluding hydrogens is 136 g/mol. The van der Waals surface area contributed by atoms with Crippen LogP contribution < -0.4 is 0 Å². The van der Waals surface area contributed by atoms with E-state index in [-0.39, 0.29) is 6.10 Å². The maximum atomic E-state index is 5.39. The number of ether oxygens (including phenoxy) is 1. The Balaban J connectivity index is 2.06. The first-order valence-electron chi connectivity index (χ1n) is 3.81. The molecule has 11 heavy (non-hydrogen) atoms. The molecule has 0 saturated heterocycles. The Bertz CT molecular complexity index is 256. The van der Waals surface area contributed by atoms with Gasteiger partial charge < -0.3 is 4.74 Å². The topological polar surface area (TPSA) is 9.23 Å². The van der Waals surface area contributed by atoms with Crippen molar-refractivity contribution in [2.75, 3.05) is 0 Å². The molecule has 0 spiro atoms. The van der Waals surface area contributed by atoms with Crippen LogP contribution in [0.15, 0.2) is 48.3 Å². The molecule has 1 unspecified atom stereocenters. The minimum absolute atomic E-state index is 0.176. The third-order valence-electron chi connectivity index (χ3n) is 1.87. The minimum atomic E-state index is 0.176. The molecule has 1 aliphatic carbocycles. The van der Waals surface area contributed by atoms with E-state index in [1.807, 2.05) is 12.2 Å². The number of allylic oxidation sites excluding steroid dienone is 5. The maximum absolute atomic E-state index is 5.39. The highest BCUT2D eigenvalue weighted by Crippen LogP contribution is 2.20. The van der Waals surface area contributed by atoms with Crippen molar-refractivity contribution < 1.29 is 4.74 Å². The summed E-state index contributed by atoms with van der Waals surface area (Å²) in [6.07, 6.45) is 15.3. The fraction of sp³-hybridized carbons (Fsp3) is 0.200.